The summed E-state index contributed by atoms with van der Waals surface area (Å²) in [6.07, 6.45) is 5.80. The zero-order valence-corrected chi connectivity index (χ0v) is 9.63. The summed E-state index contributed by atoms with van der Waals surface area (Å²) in [5.74, 6) is 2.10. The van der Waals surface area contributed by atoms with E-state index in [0.717, 1.165) is 24.4 Å². The molecule has 2 aliphatic rings. The monoisotopic (exact) mass is 196 g/mol. The van der Waals surface area contributed by atoms with Gasteiger partial charge >= 0.3 is 0 Å². The molecule has 2 heteroatoms. The Morgan fingerprint density at radius 2 is 1.93 bits per heavy atom. The quantitative estimate of drug-likeness (QED) is 0.736. The van der Waals surface area contributed by atoms with Gasteiger partial charge in [0.25, 0.3) is 0 Å². The van der Waals surface area contributed by atoms with E-state index in [1.54, 1.807) is 0 Å². The molecule has 2 rings (SSSR count). The summed E-state index contributed by atoms with van der Waals surface area (Å²) in [6, 6.07) is 0.785. The smallest absolute Gasteiger partial charge is 0.00792 e. The van der Waals surface area contributed by atoms with Gasteiger partial charge in [0.1, 0.15) is 0 Å². The second kappa shape index (κ2) is 4.63. The van der Waals surface area contributed by atoms with Crippen LogP contribution in [0.5, 0.6) is 0 Å². The van der Waals surface area contributed by atoms with Crippen LogP contribution in [0.25, 0.3) is 0 Å². The van der Waals surface area contributed by atoms with Gasteiger partial charge in [0.05, 0.1) is 0 Å². The van der Waals surface area contributed by atoms with Gasteiger partial charge in [0.15, 0.2) is 0 Å². The second-order valence-corrected chi connectivity index (χ2v) is 5.15. The third kappa shape index (κ3) is 2.12. The van der Waals surface area contributed by atoms with E-state index in [1.807, 2.05) is 7.05 Å². The Labute approximate surface area is 88.1 Å². The van der Waals surface area contributed by atoms with Gasteiger partial charge in [-0.2, -0.15) is 0 Å². The molecule has 1 heterocycles. The maximum Gasteiger partial charge on any atom is 0.00792 e. The average molecular weight is 196 g/mol. The fourth-order valence-corrected chi connectivity index (χ4v) is 3.17. The van der Waals surface area contributed by atoms with E-state index in [9.17, 15) is 0 Å². The van der Waals surface area contributed by atoms with Crippen LogP contribution in [0.4, 0.5) is 0 Å². The lowest BCUT2D eigenvalue weighted by atomic mass is 10.0. The topological polar surface area (TPSA) is 15.3 Å². The molecule has 0 aromatic carbocycles. The lowest BCUT2D eigenvalue weighted by Gasteiger charge is -2.24. The van der Waals surface area contributed by atoms with Gasteiger partial charge < -0.3 is 10.2 Å². The van der Waals surface area contributed by atoms with Crippen LogP contribution in [0, 0.1) is 11.8 Å². The molecule has 1 N–H and O–H groups in total. The molecule has 14 heavy (non-hydrogen) atoms. The third-order valence-electron chi connectivity index (χ3n) is 4.19. The molecule has 1 aliphatic carbocycles. The van der Waals surface area contributed by atoms with Gasteiger partial charge in [-0.15, -0.1) is 0 Å². The molecule has 1 saturated heterocycles. The highest BCUT2D eigenvalue weighted by atomic mass is 15.2. The van der Waals surface area contributed by atoms with Crippen LogP contribution in [0.15, 0.2) is 0 Å². The molecule has 82 valence electrons. The maximum absolute atomic E-state index is 3.25. The summed E-state index contributed by atoms with van der Waals surface area (Å²) < 4.78 is 0. The highest BCUT2D eigenvalue weighted by molar-refractivity contribution is 4.90. The zero-order valence-electron chi connectivity index (χ0n) is 9.63. The average Bonchev–Trinajstić information content (AvgIpc) is 2.72. The maximum atomic E-state index is 3.25. The lowest BCUT2D eigenvalue weighted by Crippen LogP contribution is -2.33. The highest BCUT2D eigenvalue weighted by Crippen LogP contribution is 2.38. The molecule has 3 unspecified atom stereocenters. The molecule has 0 aromatic rings. The number of nitrogens with zero attached hydrogens (tertiary/aromatic N) is 1. The fraction of sp³-hybridized carbons (Fsp3) is 1.00. The number of nitrogens with one attached hydrogen (secondary N) is 1. The first-order valence-electron chi connectivity index (χ1n) is 6.20. The minimum absolute atomic E-state index is 0.785. The molecule has 2 nitrogen and oxygen atoms in total. The Kier molecular flexibility index (Phi) is 3.45. The van der Waals surface area contributed by atoms with E-state index in [1.165, 1.54) is 38.8 Å². The molecule has 0 radical (unpaired) electrons. The van der Waals surface area contributed by atoms with Crippen LogP contribution < -0.4 is 5.32 Å². The first kappa shape index (κ1) is 10.4. The molecule has 1 saturated carbocycles. The summed E-state index contributed by atoms with van der Waals surface area (Å²) in [5, 5.41) is 3.25. The van der Waals surface area contributed by atoms with Crippen molar-refractivity contribution in [1.82, 2.24) is 10.2 Å². The molecule has 0 aromatic heterocycles. The van der Waals surface area contributed by atoms with Gasteiger partial charge in [-0.05, 0) is 51.6 Å². The minimum atomic E-state index is 0.785. The van der Waals surface area contributed by atoms with Crippen molar-refractivity contribution in [2.24, 2.45) is 11.8 Å². The number of likely N-dealkylation sites (tertiary alicyclic amines) is 1. The van der Waals surface area contributed by atoms with Gasteiger partial charge in [-0.3, -0.25) is 0 Å². The van der Waals surface area contributed by atoms with E-state index in [0.29, 0.717) is 0 Å². The zero-order chi connectivity index (χ0) is 9.97. The Morgan fingerprint density at radius 1 is 1.29 bits per heavy atom. The highest BCUT2D eigenvalue weighted by Gasteiger charge is 2.37. The van der Waals surface area contributed by atoms with Crippen molar-refractivity contribution in [2.75, 3.05) is 26.7 Å². The van der Waals surface area contributed by atoms with Crippen molar-refractivity contribution >= 4 is 0 Å². The Hall–Kier alpha value is -0.0800. The molecular weight excluding hydrogens is 172 g/mol. The van der Waals surface area contributed by atoms with Gasteiger partial charge in [-0.1, -0.05) is 6.42 Å². The summed E-state index contributed by atoms with van der Waals surface area (Å²) in [7, 11) is 2.05. The van der Waals surface area contributed by atoms with Crippen LogP contribution >= 0.6 is 0 Å². The number of fused-ring (bicyclic) bond motifs is 1. The first-order chi connectivity index (χ1) is 6.81. The van der Waals surface area contributed by atoms with E-state index in [-0.39, 0.29) is 0 Å². The van der Waals surface area contributed by atoms with E-state index >= 15 is 0 Å². The van der Waals surface area contributed by atoms with Crippen molar-refractivity contribution in [3.8, 4) is 0 Å². The largest absolute Gasteiger partial charge is 0.320 e. The number of hydrogen-bond donors (Lipinski definition) is 1. The minimum Gasteiger partial charge on any atom is -0.320 e. The molecule has 0 amide bonds. The van der Waals surface area contributed by atoms with Crippen LogP contribution in [0.1, 0.15) is 32.6 Å². The molecule has 3 atom stereocenters. The fourth-order valence-electron chi connectivity index (χ4n) is 3.17. The lowest BCUT2D eigenvalue weighted by molar-refractivity contribution is 0.228. The van der Waals surface area contributed by atoms with Crippen LogP contribution in [-0.4, -0.2) is 37.6 Å². The van der Waals surface area contributed by atoms with Crippen molar-refractivity contribution < 1.29 is 0 Å². The van der Waals surface area contributed by atoms with Gasteiger partial charge in [0, 0.05) is 19.1 Å². The van der Waals surface area contributed by atoms with Gasteiger partial charge in [0.2, 0.25) is 0 Å². The molecular formula is C12H24N2. The molecule has 2 fully saturated rings. The Bertz CT molecular complexity index is 169. The summed E-state index contributed by atoms with van der Waals surface area (Å²) >= 11 is 0. The van der Waals surface area contributed by atoms with E-state index < -0.39 is 0 Å². The summed E-state index contributed by atoms with van der Waals surface area (Å²) in [5.41, 5.74) is 0. The first-order valence-corrected chi connectivity index (χ1v) is 6.20. The predicted molar refractivity (Wildman–Crippen MR) is 60.4 cm³/mol. The molecule has 0 spiro atoms. The van der Waals surface area contributed by atoms with Gasteiger partial charge in [-0.25, -0.2) is 0 Å². The normalized spacial score (nSPS) is 34.7. The van der Waals surface area contributed by atoms with Crippen LogP contribution in [0.2, 0.25) is 0 Å². The third-order valence-corrected chi connectivity index (χ3v) is 4.19. The Balaban J connectivity index is 1.77. The predicted octanol–water partition coefficient (Wildman–Crippen LogP) is 1.72. The van der Waals surface area contributed by atoms with Crippen molar-refractivity contribution in [3.63, 3.8) is 0 Å². The summed E-state index contributed by atoms with van der Waals surface area (Å²) in [4.78, 5) is 2.71. The van der Waals surface area contributed by atoms with Crippen LogP contribution in [0.3, 0.4) is 0 Å². The van der Waals surface area contributed by atoms with Crippen molar-refractivity contribution in [2.45, 2.75) is 38.6 Å². The standard InChI is InChI=1S/C12H24N2/c1-10(6-7-13-2)14-8-11-4-3-5-12(11)9-14/h10-13H,3-9H2,1-2H3. The SMILES string of the molecule is CNCCC(C)N1CC2CCCC2C1. The number of rotatable bonds is 4. The summed E-state index contributed by atoms with van der Waals surface area (Å²) in [6.45, 7) is 6.32. The number of hydrogen-bond acceptors (Lipinski definition) is 2. The van der Waals surface area contributed by atoms with E-state index in [4.69, 9.17) is 0 Å². The van der Waals surface area contributed by atoms with Crippen LogP contribution in [-0.2, 0) is 0 Å². The van der Waals surface area contributed by atoms with Crippen molar-refractivity contribution in [3.05, 3.63) is 0 Å². The Morgan fingerprint density at radius 3 is 2.50 bits per heavy atom. The molecule has 1 aliphatic heterocycles. The second-order valence-electron chi connectivity index (χ2n) is 5.15. The van der Waals surface area contributed by atoms with Crippen molar-refractivity contribution in [1.29, 1.82) is 0 Å². The molecule has 0 bridgehead atoms. The van der Waals surface area contributed by atoms with E-state index in [2.05, 4.69) is 17.1 Å².